The Kier molecular flexibility index (Phi) is 5.69. The number of nitrogens with zero attached hydrogens (tertiary/aromatic N) is 2. The third-order valence-electron chi connectivity index (χ3n) is 2.52. The van der Waals surface area contributed by atoms with Crippen LogP contribution in [0.4, 0.5) is 0 Å². The van der Waals surface area contributed by atoms with Crippen LogP contribution >= 0.6 is 0 Å². The van der Waals surface area contributed by atoms with Crippen molar-refractivity contribution in [2.75, 3.05) is 13.2 Å². The zero-order chi connectivity index (χ0) is 15.1. The first kappa shape index (κ1) is 15.7. The maximum Gasteiger partial charge on any atom is 0.274 e. The molecule has 1 aromatic rings. The smallest absolute Gasteiger partial charge is 0.274 e. The number of amides is 2. The summed E-state index contributed by atoms with van der Waals surface area (Å²) in [6, 6.07) is 3.08. The Balaban J connectivity index is 3.15. The molecule has 1 aromatic heterocycles. The first-order valence-electron chi connectivity index (χ1n) is 6.11. The second-order valence-electron chi connectivity index (χ2n) is 4.35. The molecule has 3 N–H and O–H groups in total. The van der Waals surface area contributed by atoms with Crippen molar-refractivity contribution in [1.82, 2.24) is 9.88 Å². The topological polar surface area (TPSA) is 96.5 Å². The molecular formula is C14H17N3O3. The summed E-state index contributed by atoms with van der Waals surface area (Å²) in [5.41, 5.74) is 5.70. The number of rotatable bonds is 4. The molecule has 0 aliphatic rings. The number of primary amides is 1. The number of hydrogen-bond donors (Lipinski definition) is 2. The zero-order valence-corrected chi connectivity index (χ0v) is 11.5. The number of hydrogen-bond acceptors (Lipinski definition) is 4. The van der Waals surface area contributed by atoms with Crippen LogP contribution in [-0.4, -0.2) is 46.0 Å². The van der Waals surface area contributed by atoms with E-state index in [-0.39, 0.29) is 24.9 Å². The van der Waals surface area contributed by atoms with Crippen LogP contribution in [0.25, 0.3) is 0 Å². The molecule has 106 valence electrons. The molecule has 1 heterocycles. The normalized spacial score (nSPS) is 9.80. The Morgan fingerprint density at radius 3 is 2.75 bits per heavy atom. The molecule has 0 atom stereocenters. The van der Waals surface area contributed by atoms with E-state index in [4.69, 9.17) is 10.8 Å². The van der Waals surface area contributed by atoms with Crippen molar-refractivity contribution in [2.45, 2.75) is 19.9 Å². The van der Waals surface area contributed by atoms with E-state index in [2.05, 4.69) is 16.8 Å². The third-order valence-corrected chi connectivity index (χ3v) is 2.52. The van der Waals surface area contributed by atoms with E-state index < -0.39 is 11.8 Å². The van der Waals surface area contributed by atoms with Crippen molar-refractivity contribution in [2.24, 2.45) is 5.73 Å². The summed E-state index contributed by atoms with van der Waals surface area (Å²) in [7, 11) is 0. The lowest BCUT2D eigenvalue weighted by Gasteiger charge is -2.25. The molecule has 0 unspecified atom stereocenters. The molecule has 0 aromatic carbocycles. The van der Waals surface area contributed by atoms with Gasteiger partial charge in [-0.25, -0.2) is 4.98 Å². The highest BCUT2D eigenvalue weighted by Crippen LogP contribution is 2.10. The fraction of sp³-hybridized carbons (Fsp3) is 0.357. The molecule has 0 saturated heterocycles. The standard InChI is InChI=1S/C14H17N3O3/c1-10(2)17(9-12(15)19)14(20)13-11(6-4-8-18)5-3-7-16-13/h3,5,7,10,18H,8-9H2,1-2H3,(H2,15,19). The first-order chi connectivity index (χ1) is 9.47. The van der Waals surface area contributed by atoms with E-state index >= 15 is 0 Å². The van der Waals surface area contributed by atoms with Crippen LogP contribution < -0.4 is 5.73 Å². The molecule has 2 amide bonds. The highest BCUT2D eigenvalue weighted by Gasteiger charge is 2.23. The molecule has 6 heteroatoms. The van der Waals surface area contributed by atoms with Gasteiger partial charge in [0.05, 0.1) is 12.1 Å². The van der Waals surface area contributed by atoms with Crippen molar-refractivity contribution >= 4 is 11.8 Å². The van der Waals surface area contributed by atoms with Gasteiger partial charge in [0, 0.05) is 12.2 Å². The van der Waals surface area contributed by atoms with Gasteiger partial charge in [-0.05, 0) is 26.0 Å². The van der Waals surface area contributed by atoms with Gasteiger partial charge in [-0.3, -0.25) is 9.59 Å². The minimum atomic E-state index is -0.592. The molecule has 0 bridgehead atoms. The van der Waals surface area contributed by atoms with Crippen LogP contribution in [0.2, 0.25) is 0 Å². The molecule has 0 aliphatic carbocycles. The van der Waals surface area contributed by atoms with Crippen molar-refractivity contribution in [3.63, 3.8) is 0 Å². The van der Waals surface area contributed by atoms with Crippen molar-refractivity contribution in [3.8, 4) is 11.8 Å². The monoisotopic (exact) mass is 275 g/mol. The average Bonchev–Trinajstić information content (AvgIpc) is 2.41. The van der Waals surface area contributed by atoms with E-state index in [0.29, 0.717) is 5.56 Å². The molecule has 0 spiro atoms. The van der Waals surface area contributed by atoms with Crippen LogP contribution in [-0.2, 0) is 4.79 Å². The average molecular weight is 275 g/mol. The number of aliphatic hydroxyl groups is 1. The Morgan fingerprint density at radius 1 is 1.50 bits per heavy atom. The van der Waals surface area contributed by atoms with E-state index in [1.807, 2.05) is 0 Å². The molecule has 6 nitrogen and oxygen atoms in total. The van der Waals surface area contributed by atoms with E-state index in [9.17, 15) is 9.59 Å². The largest absolute Gasteiger partial charge is 0.384 e. The Bertz CT molecular complexity index is 558. The number of carbonyl (C=O) groups is 2. The number of pyridine rings is 1. The lowest BCUT2D eigenvalue weighted by molar-refractivity contribution is -0.119. The summed E-state index contributed by atoms with van der Waals surface area (Å²) in [5, 5.41) is 8.72. The summed E-state index contributed by atoms with van der Waals surface area (Å²) in [6.07, 6.45) is 1.47. The van der Waals surface area contributed by atoms with Crippen LogP contribution in [0.5, 0.6) is 0 Å². The summed E-state index contributed by atoms with van der Waals surface area (Å²) >= 11 is 0. The van der Waals surface area contributed by atoms with Crippen molar-refractivity contribution in [1.29, 1.82) is 0 Å². The summed E-state index contributed by atoms with van der Waals surface area (Å²) in [5.74, 6) is 4.13. The Labute approximate surface area is 117 Å². The number of nitrogens with two attached hydrogens (primary N) is 1. The minimum Gasteiger partial charge on any atom is -0.384 e. The van der Waals surface area contributed by atoms with Gasteiger partial charge in [0.25, 0.3) is 5.91 Å². The summed E-state index contributed by atoms with van der Waals surface area (Å²) in [4.78, 5) is 28.8. The SMILES string of the molecule is CC(C)N(CC(N)=O)C(=O)c1ncccc1C#CCO. The number of aromatic nitrogens is 1. The fourth-order valence-electron chi connectivity index (χ4n) is 1.60. The number of aliphatic hydroxyl groups excluding tert-OH is 1. The van der Waals surface area contributed by atoms with Gasteiger partial charge in [-0.2, -0.15) is 0 Å². The van der Waals surface area contributed by atoms with E-state index in [1.165, 1.54) is 11.1 Å². The molecule has 20 heavy (non-hydrogen) atoms. The van der Waals surface area contributed by atoms with Gasteiger partial charge in [0.2, 0.25) is 5.91 Å². The molecule has 0 fully saturated rings. The van der Waals surface area contributed by atoms with Crippen LogP contribution in [0.15, 0.2) is 18.3 Å². The molecular weight excluding hydrogens is 258 g/mol. The van der Waals surface area contributed by atoms with Crippen LogP contribution in [0.3, 0.4) is 0 Å². The van der Waals surface area contributed by atoms with Gasteiger partial charge >= 0.3 is 0 Å². The van der Waals surface area contributed by atoms with Crippen molar-refractivity contribution in [3.05, 3.63) is 29.6 Å². The van der Waals surface area contributed by atoms with Gasteiger partial charge < -0.3 is 15.7 Å². The van der Waals surface area contributed by atoms with Crippen molar-refractivity contribution < 1.29 is 14.7 Å². The summed E-state index contributed by atoms with van der Waals surface area (Å²) in [6.45, 7) is 3.07. The fourth-order valence-corrected chi connectivity index (χ4v) is 1.60. The predicted octanol–water partition coefficient (Wildman–Crippen LogP) is -0.239. The second-order valence-corrected chi connectivity index (χ2v) is 4.35. The molecule has 0 saturated carbocycles. The van der Waals surface area contributed by atoms with Gasteiger partial charge in [0.1, 0.15) is 12.3 Å². The summed E-state index contributed by atoms with van der Waals surface area (Å²) < 4.78 is 0. The lowest BCUT2D eigenvalue weighted by atomic mass is 10.1. The number of carbonyl (C=O) groups excluding carboxylic acids is 2. The third kappa shape index (κ3) is 4.07. The Morgan fingerprint density at radius 2 is 2.20 bits per heavy atom. The van der Waals surface area contributed by atoms with Crippen LogP contribution in [0.1, 0.15) is 29.9 Å². The first-order valence-corrected chi connectivity index (χ1v) is 6.11. The van der Waals surface area contributed by atoms with Gasteiger partial charge in [0.15, 0.2) is 0 Å². The molecule has 1 rings (SSSR count). The Hall–Kier alpha value is -2.39. The zero-order valence-electron chi connectivity index (χ0n) is 11.5. The van der Waals surface area contributed by atoms with Gasteiger partial charge in [-0.15, -0.1) is 0 Å². The minimum absolute atomic E-state index is 0.142. The predicted molar refractivity (Wildman–Crippen MR) is 73.6 cm³/mol. The highest BCUT2D eigenvalue weighted by atomic mass is 16.2. The lowest BCUT2D eigenvalue weighted by Crippen LogP contribution is -2.43. The molecule has 0 aliphatic heterocycles. The van der Waals surface area contributed by atoms with E-state index in [1.54, 1.807) is 26.0 Å². The quantitative estimate of drug-likeness (QED) is 0.741. The van der Waals surface area contributed by atoms with Crippen LogP contribution in [0, 0.1) is 11.8 Å². The highest BCUT2D eigenvalue weighted by molar-refractivity contribution is 5.97. The second kappa shape index (κ2) is 7.26. The molecule has 0 radical (unpaired) electrons. The maximum absolute atomic E-state index is 12.4. The van der Waals surface area contributed by atoms with Gasteiger partial charge in [-0.1, -0.05) is 11.8 Å². The maximum atomic E-state index is 12.4. The van der Waals surface area contributed by atoms with E-state index in [0.717, 1.165) is 0 Å².